The van der Waals surface area contributed by atoms with E-state index in [4.69, 9.17) is 11.6 Å². The van der Waals surface area contributed by atoms with Crippen LogP contribution in [0.4, 0.5) is 0 Å². The molecule has 0 saturated carbocycles. The first-order valence-corrected chi connectivity index (χ1v) is 9.61. The Bertz CT molecular complexity index is 803. The molecule has 7 nitrogen and oxygen atoms in total. The smallest absolute Gasteiger partial charge is 0.222 e. The summed E-state index contributed by atoms with van der Waals surface area (Å²) in [5, 5.41) is 14.8. The molecule has 1 aliphatic heterocycles. The van der Waals surface area contributed by atoms with Gasteiger partial charge in [-0.2, -0.15) is 0 Å². The Morgan fingerprint density at radius 3 is 2.70 bits per heavy atom. The zero-order valence-corrected chi connectivity index (χ0v) is 16.1. The number of fused-ring (bicyclic) bond motifs is 1. The average molecular weight is 390 g/mol. The largest absolute Gasteiger partial charge is 0.349 e. The van der Waals surface area contributed by atoms with Gasteiger partial charge in [-0.1, -0.05) is 30.2 Å². The minimum absolute atomic E-state index is 0.141. The number of carbonyl (C=O) groups is 2. The SMILES string of the molecule is CC(=O)NC(CC(=O)NCc1nnc2n1CCCCC2)c1ccc(Cl)cc1. The fraction of sp³-hybridized carbons (Fsp3) is 0.474. The summed E-state index contributed by atoms with van der Waals surface area (Å²) in [6.45, 7) is 2.67. The maximum atomic E-state index is 12.5. The molecule has 1 atom stereocenters. The number of nitrogens with zero attached hydrogens (tertiary/aromatic N) is 3. The second kappa shape index (κ2) is 8.99. The monoisotopic (exact) mass is 389 g/mol. The Labute approximate surface area is 163 Å². The number of aromatic nitrogens is 3. The molecule has 2 N–H and O–H groups in total. The summed E-state index contributed by atoms with van der Waals surface area (Å²) >= 11 is 5.92. The van der Waals surface area contributed by atoms with Crippen molar-refractivity contribution < 1.29 is 9.59 Å². The first kappa shape index (κ1) is 19.4. The van der Waals surface area contributed by atoms with Crippen LogP contribution in [0.3, 0.4) is 0 Å². The van der Waals surface area contributed by atoms with Gasteiger partial charge in [0.2, 0.25) is 11.8 Å². The summed E-state index contributed by atoms with van der Waals surface area (Å²) in [5.41, 5.74) is 0.834. The minimum atomic E-state index is -0.407. The van der Waals surface area contributed by atoms with E-state index >= 15 is 0 Å². The molecular formula is C19H24ClN5O2. The molecule has 0 saturated heterocycles. The fourth-order valence-electron chi connectivity index (χ4n) is 3.30. The molecule has 27 heavy (non-hydrogen) atoms. The van der Waals surface area contributed by atoms with Gasteiger partial charge in [0.15, 0.2) is 5.82 Å². The highest BCUT2D eigenvalue weighted by Gasteiger charge is 2.19. The van der Waals surface area contributed by atoms with Crippen LogP contribution in [-0.4, -0.2) is 26.6 Å². The van der Waals surface area contributed by atoms with Crippen LogP contribution in [0, 0.1) is 0 Å². The molecule has 2 heterocycles. The summed E-state index contributed by atoms with van der Waals surface area (Å²) in [5.74, 6) is 1.43. The van der Waals surface area contributed by atoms with Gasteiger partial charge in [0.1, 0.15) is 5.82 Å². The van der Waals surface area contributed by atoms with Crippen LogP contribution in [-0.2, 0) is 29.1 Å². The molecule has 0 fully saturated rings. The predicted octanol–water partition coefficient (Wildman–Crippen LogP) is 2.54. The Balaban J connectivity index is 1.62. The van der Waals surface area contributed by atoms with Crippen LogP contribution in [0.1, 0.15) is 55.9 Å². The van der Waals surface area contributed by atoms with E-state index in [-0.39, 0.29) is 18.2 Å². The lowest BCUT2D eigenvalue weighted by Gasteiger charge is -2.18. The van der Waals surface area contributed by atoms with E-state index in [0.29, 0.717) is 11.6 Å². The van der Waals surface area contributed by atoms with E-state index in [1.807, 2.05) is 12.1 Å². The molecule has 144 valence electrons. The van der Waals surface area contributed by atoms with Gasteiger partial charge in [0, 0.05) is 24.9 Å². The van der Waals surface area contributed by atoms with Gasteiger partial charge in [0.05, 0.1) is 19.0 Å². The molecule has 1 aromatic carbocycles. The molecule has 0 radical (unpaired) electrons. The highest BCUT2D eigenvalue weighted by atomic mass is 35.5. The molecule has 0 aliphatic carbocycles. The van der Waals surface area contributed by atoms with Crippen molar-refractivity contribution in [3.63, 3.8) is 0 Å². The van der Waals surface area contributed by atoms with Gasteiger partial charge in [0.25, 0.3) is 0 Å². The van der Waals surface area contributed by atoms with Crippen molar-refractivity contribution in [3.8, 4) is 0 Å². The van der Waals surface area contributed by atoms with Crippen molar-refractivity contribution in [1.82, 2.24) is 25.4 Å². The Kier molecular flexibility index (Phi) is 6.45. The summed E-state index contributed by atoms with van der Waals surface area (Å²) < 4.78 is 2.11. The number of carbonyl (C=O) groups excluding carboxylic acids is 2. The highest BCUT2D eigenvalue weighted by Crippen LogP contribution is 2.20. The molecule has 1 aliphatic rings. The lowest BCUT2D eigenvalue weighted by molar-refractivity contribution is -0.123. The van der Waals surface area contributed by atoms with Crippen LogP contribution in [0.2, 0.25) is 5.02 Å². The van der Waals surface area contributed by atoms with Gasteiger partial charge in [-0.15, -0.1) is 10.2 Å². The van der Waals surface area contributed by atoms with Crippen LogP contribution in [0.15, 0.2) is 24.3 Å². The van der Waals surface area contributed by atoms with Crippen LogP contribution in [0.25, 0.3) is 0 Å². The summed E-state index contributed by atoms with van der Waals surface area (Å²) in [6, 6.07) is 6.71. The first-order valence-electron chi connectivity index (χ1n) is 9.23. The molecule has 0 bridgehead atoms. The molecular weight excluding hydrogens is 366 g/mol. The molecule has 1 aromatic heterocycles. The van der Waals surface area contributed by atoms with Gasteiger partial charge >= 0.3 is 0 Å². The van der Waals surface area contributed by atoms with Crippen LogP contribution in [0.5, 0.6) is 0 Å². The lowest BCUT2D eigenvalue weighted by Crippen LogP contribution is -2.33. The van der Waals surface area contributed by atoms with E-state index in [1.54, 1.807) is 12.1 Å². The number of hydrogen-bond acceptors (Lipinski definition) is 4. The Hall–Kier alpha value is -2.41. The second-order valence-corrected chi connectivity index (χ2v) is 7.22. The number of nitrogens with one attached hydrogen (secondary N) is 2. The maximum absolute atomic E-state index is 12.5. The predicted molar refractivity (Wildman–Crippen MR) is 102 cm³/mol. The van der Waals surface area contributed by atoms with Crippen molar-refractivity contribution in [1.29, 1.82) is 0 Å². The molecule has 8 heteroatoms. The number of hydrogen-bond donors (Lipinski definition) is 2. The molecule has 3 rings (SSSR count). The third-order valence-corrected chi connectivity index (χ3v) is 4.92. The van der Waals surface area contributed by atoms with E-state index in [1.165, 1.54) is 13.3 Å². The van der Waals surface area contributed by atoms with Gasteiger partial charge in [-0.05, 0) is 30.5 Å². The quantitative estimate of drug-likeness (QED) is 0.794. The van der Waals surface area contributed by atoms with Crippen molar-refractivity contribution in [2.45, 2.75) is 58.2 Å². The molecule has 1 unspecified atom stereocenters. The molecule has 2 aromatic rings. The van der Waals surface area contributed by atoms with Crippen molar-refractivity contribution in [2.75, 3.05) is 0 Å². The second-order valence-electron chi connectivity index (χ2n) is 6.78. The van der Waals surface area contributed by atoms with Crippen LogP contribution >= 0.6 is 11.6 Å². The van der Waals surface area contributed by atoms with E-state index in [9.17, 15) is 9.59 Å². The van der Waals surface area contributed by atoms with E-state index in [0.717, 1.165) is 43.0 Å². The zero-order chi connectivity index (χ0) is 19.2. The number of benzene rings is 1. The van der Waals surface area contributed by atoms with Crippen LogP contribution < -0.4 is 10.6 Å². The van der Waals surface area contributed by atoms with Gasteiger partial charge in [-0.3, -0.25) is 9.59 Å². The standard InChI is InChI=1S/C19H24ClN5O2/c1-13(26)22-16(14-6-8-15(20)9-7-14)11-19(27)21-12-18-24-23-17-5-3-2-4-10-25(17)18/h6-9,16H,2-5,10-12H2,1H3,(H,21,27)(H,22,26). The zero-order valence-electron chi connectivity index (χ0n) is 15.4. The third kappa shape index (κ3) is 5.29. The molecule has 2 amide bonds. The van der Waals surface area contributed by atoms with Crippen molar-refractivity contribution in [3.05, 3.63) is 46.5 Å². The molecule has 0 spiro atoms. The normalized spacial score (nSPS) is 14.7. The number of aryl methyl sites for hydroxylation is 1. The minimum Gasteiger partial charge on any atom is -0.349 e. The Morgan fingerprint density at radius 1 is 1.19 bits per heavy atom. The number of amides is 2. The summed E-state index contributed by atoms with van der Waals surface area (Å²) in [6.07, 6.45) is 4.50. The Morgan fingerprint density at radius 2 is 1.96 bits per heavy atom. The fourth-order valence-corrected chi connectivity index (χ4v) is 3.43. The van der Waals surface area contributed by atoms with Gasteiger partial charge in [-0.25, -0.2) is 0 Å². The lowest BCUT2D eigenvalue weighted by atomic mass is 10.0. The van der Waals surface area contributed by atoms with Crippen molar-refractivity contribution in [2.24, 2.45) is 0 Å². The number of rotatable bonds is 6. The van der Waals surface area contributed by atoms with Gasteiger partial charge < -0.3 is 15.2 Å². The summed E-state index contributed by atoms with van der Waals surface area (Å²) in [4.78, 5) is 24.0. The summed E-state index contributed by atoms with van der Waals surface area (Å²) in [7, 11) is 0. The highest BCUT2D eigenvalue weighted by molar-refractivity contribution is 6.30. The average Bonchev–Trinajstić information content (AvgIpc) is 2.86. The third-order valence-electron chi connectivity index (χ3n) is 4.67. The van der Waals surface area contributed by atoms with Crippen molar-refractivity contribution >= 4 is 23.4 Å². The first-order chi connectivity index (χ1) is 13.0. The number of halogens is 1. The van der Waals surface area contributed by atoms with E-state index < -0.39 is 6.04 Å². The topological polar surface area (TPSA) is 88.9 Å². The van der Waals surface area contributed by atoms with E-state index in [2.05, 4.69) is 25.4 Å². The maximum Gasteiger partial charge on any atom is 0.222 e.